The minimum Gasteiger partial charge on any atom is -0.354 e. The Balaban J connectivity index is 2.35. The van der Waals surface area contributed by atoms with Gasteiger partial charge in [0.15, 0.2) is 0 Å². The molecule has 0 atom stereocenters. The van der Waals surface area contributed by atoms with Crippen LogP contribution in [0.3, 0.4) is 0 Å². The Morgan fingerprint density at radius 2 is 1.94 bits per heavy atom. The van der Waals surface area contributed by atoms with Crippen molar-refractivity contribution >= 4 is 54.8 Å². The maximum absolute atomic E-state index is 6.01. The largest absolute Gasteiger partial charge is 0.354 e. The molecule has 0 aliphatic carbocycles. The van der Waals surface area contributed by atoms with Crippen molar-refractivity contribution in [3.63, 3.8) is 0 Å². The average Bonchev–Trinajstić information content (AvgIpc) is 2.28. The molecule has 0 aliphatic heterocycles. The van der Waals surface area contributed by atoms with Crippen molar-refractivity contribution in [2.75, 3.05) is 5.32 Å². The smallest absolute Gasteiger partial charge is 0.0596 e. The van der Waals surface area contributed by atoms with Crippen LogP contribution in [0.1, 0.15) is 0 Å². The lowest BCUT2D eigenvalue weighted by Crippen LogP contribution is -1.93. The molecule has 5 heteroatoms. The molecule has 1 aromatic heterocycles. The highest BCUT2D eigenvalue weighted by Gasteiger charge is 2.05. The van der Waals surface area contributed by atoms with Crippen molar-refractivity contribution in [1.29, 1.82) is 0 Å². The molecular weight excluding hydrogens is 355 g/mol. The summed E-state index contributed by atoms with van der Waals surface area (Å²) in [7, 11) is 0. The normalized spacial score (nSPS) is 10.2. The van der Waals surface area contributed by atoms with Crippen LogP contribution in [0.4, 0.5) is 11.4 Å². The van der Waals surface area contributed by atoms with Gasteiger partial charge < -0.3 is 5.32 Å². The fourth-order valence-electron chi connectivity index (χ4n) is 1.22. The molecule has 0 radical (unpaired) electrons. The van der Waals surface area contributed by atoms with Crippen LogP contribution < -0.4 is 5.32 Å². The number of nitrogens with zero attached hydrogens (tertiary/aromatic N) is 1. The van der Waals surface area contributed by atoms with Crippen molar-refractivity contribution in [3.8, 4) is 0 Å². The number of anilines is 2. The van der Waals surface area contributed by atoms with E-state index in [4.69, 9.17) is 11.6 Å². The van der Waals surface area contributed by atoms with Crippen molar-refractivity contribution in [1.82, 2.24) is 4.98 Å². The molecule has 0 unspecified atom stereocenters. The maximum atomic E-state index is 6.01. The van der Waals surface area contributed by atoms with Gasteiger partial charge in [-0.25, -0.2) is 0 Å². The van der Waals surface area contributed by atoms with E-state index in [0.29, 0.717) is 5.02 Å². The molecule has 0 aliphatic rings. The Bertz CT molecular complexity index is 517. The quantitative estimate of drug-likeness (QED) is 0.813. The Labute approximate surface area is 115 Å². The number of hydrogen-bond donors (Lipinski definition) is 1. The van der Waals surface area contributed by atoms with Gasteiger partial charge in [-0.15, -0.1) is 0 Å². The number of halogens is 3. The highest BCUT2D eigenvalue weighted by molar-refractivity contribution is 9.11. The highest BCUT2D eigenvalue weighted by atomic mass is 79.9. The number of nitrogens with one attached hydrogen (secondary N) is 1. The second-order valence-corrected chi connectivity index (χ2v) is 5.14. The third-order valence-electron chi connectivity index (χ3n) is 1.99. The second kappa shape index (κ2) is 5.17. The van der Waals surface area contributed by atoms with Crippen LogP contribution in [0.15, 0.2) is 45.6 Å². The molecule has 0 fully saturated rings. The Morgan fingerprint density at radius 3 is 2.69 bits per heavy atom. The van der Waals surface area contributed by atoms with Gasteiger partial charge in [-0.05, 0) is 50.1 Å². The number of hydrogen-bond acceptors (Lipinski definition) is 2. The van der Waals surface area contributed by atoms with E-state index < -0.39 is 0 Å². The molecule has 1 aromatic carbocycles. The summed E-state index contributed by atoms with van der Waals surface area (Å²) in [5.74, 6) is 0. The summed E-state index contributed by atoms with van der Waals surface area (Å²) in [6, 6.07) is 7.56. The van der Waals surface area contributed by atoms with Crippen molar-refractivity contribution in [3.05, 3.63) is 50.6 Å². The summed E-state index contributed by atoms with van der Waals surface area (Å²) >= 11 is 12.9. The van der Waals surface area contributed by atoms with E-state index in [9.17, 15) is 0 Å². The van der Waals surface area contributed by atoms with Gasteiger partial charge in [0.05, 0.1) is 25.3 Å². The van der Waals surface area contributed by atoms with E-state index in [-0.39, 0.29) is 0 Å². The molecule has 2 rings (SSSR count). The molecule has 2 aromatic rings. The van der Waals surface area contributed by atoms with Gasteiger partial charge in [0.1, 0.15) is 0 Å². The monoisotopic (exact) mass is 360 g/mol. The van der Waals surface area contributed by atoms with Gasteiger partial charge in [-0.3, -0.25) is 4.98 Å². The van der Waals surface area contributed by atoms with Gasteiger partial charge in [0.25, 0.3) is 0 Å². The van der Waals surface area contributed by atoms with Crippen LogP contribution in [0.5, 0.6) is 0 Å². The molecule has 16 heavy (non-hydrogen) atoms. The lowest BCUT2D eigenvalue weighted by molar-refractivity contribution is 1.30. The van der Waals surface area contributed by atoms with E-state index in [1.54, 1.807) is 12.4 Å². The Kier molecular flexibility index (Phi) is 3.84. The molecule has 0 bridgehead atoms. The summed E-state index contributed by atoms with van der Waals surface area (Å²) in [6.07, 6.45) is 3.46. The zero-order valence-corrected chi connectivity index (χ0v) is 12.0. The first-order valence-corrected chi connectivity index (χ1v) is 6.45. The Hall–Kier alpha value is -0.580. The van der Waals surface area contributed by atoms with Crippen LogP contribution in [0.2, 0.25) is 5.02 Å². The van der Waals surface area contributed by atoms with E-state index in [0.717, 1.165) is 20.3 Å². The number of rotatable bonds is 2. The zero-order chi connectivity index (χ0) is 11.5. The van der Waals surface area contributed by atoms with E-state index >= 15 is 0 Å². The molecule has 82 valence electrons. The third-order valence-corrected chi connectivity index (χ3v) is 4.02. The molecule has 0 spiro atoms. The maximum Gasteiger partial charge on any atom is 0.0596 e. The van der Waals surface area contributed by atoms with Gasteiger partial charge in [0.2, 0.25) is 0 Å². The molecule has 1 heterocycles. The SMILES string of the molecule is Clc1cccc(Nc2ccncc2Br)c1Br. The lowest BCUT2D eigenvalue weighted by Gasteiger charge is -2.10. The van der Waals surface area contributed by atoms with Crippen LogP contribution in [0.25, 0.3) is 0 Å². The van der Waals surface area contributed by atoms with Crippen molar-refractivity contribution in [2.45, 2.75) is 0 Å². The topological polar surface area (TPSA) is 24.9 Å². The van der Waals surface area contributed by atoms with Crippen LogP contribution >= 0.6 is 43.5 Å². The number of benzene rings is 1. The highest BCUT2D eigenvalue weighted by Crippen LogP contribution is 2.33. The van der Waals surface area contributed by atoms with Gasteiger partial charge in [-0.1, -0.05) is 17.7 Å². The summed E-state index contributed by atoms with van der Waals surface area (Å²) in [5, 5.41) is 3.94. The predicted molar refractivity (Wildman–Crippen MR) is 74.4 cm³/mol. The third kappa shape index (κ3) is 2.56. The summed E-state index contributed by atoms with van der Waals surface area (Å²) in [6.45, 7) is 0. The van der Waals surface area contributed by atoms with Crippen molar-refractivity contribution < 1.29 is 0 Å². The first-order valence-electron chi connectivity index (χ1n) is 4.49. The van der Waals surface area contributed by atoms with Gasteiger partial charge in [-0.2, -0.15) is 0 Å². The predicted octanol–water partition coefficient (Wildman–Crippen LogP) is 5.00. The molecule has 1 N–H and O–H groups in total. The van der Waals surface area contributed by atoms with E-state index in [1.165, 1.54) is 0 Å². The van der Waals surface area contributed by atoms with Crippen molar-refractivity contribution in [2.24, 2.45) is 0 Å². The first kappa shape index (κ1) is 11.9. The Morgan fingerprint density at radius 1 is 1.12 bits per heavy atom. The minimum absolute atomic E-state index is 0.676. The van der Waals surface area contributed by atoms with Crippen LogP contribution in [-0.4, -0.2) is 4.98 Å². The number of aromatic nitrogens is 1. The molecule has 0 saturated carbocycles. The van der Waals surface area contributed by atoms with Gasteiger partial charge >= 0.3 is 0 Å². The van der Waals surface area contributed by atoms with Crippen LogP contribution in [-0.2, 0) is 0 Å². The molecule has 0 saturated heterocycles. The zero-order valence-electron chi connectivity index (χ0n) is 8.05. The van der Waals surface area contributed by atoms with E-state index in [1.807, 2.05) is 24.3 Å². The van der Waals surface area contributed by atoms with Crippen LogP contribution in [0, 0.1) is 0 Å². The molecule has 2 nitrogen and oxygen atoms in total. The molecular formula is C11H7Br2ClN2. The minimum atomic E-state index is 0.676. The summed E-state index contributed by atoms with van der Waals surface area (Å²) in [4.78, 5) is 4.00. The number of pyridine rings is 1. The second-order valence-electron chi connectivity index (χ2n) is 3.08. The van der Waals surface area contributed by atoms with E-state index in [2.05, 4.69) is 42.2 Å². The lowest BCUT2D eigenvalue weighted by atomic mass is 10.3. The summed E-state index contributed by atoms with van der Waals surface area (Å²) in [5.41, 5.74) is 1.86. The molecule has 0 amide bonds. The summed E-state index contributed by atoms with van der Waals surface area (Å²) < 4.78 is 1.75. The standard InChI is InChI=1S/C11H7Br2ClN2/c12-7-6-15-5-4-9(7)16-10-3-1-2-8(14)11(10)13/h1-6H,(H,15,16). The fourth-order valence-corrected chi connectivity index (χ4v) is 2.11. The van der Waals surface area contributed by atoms with Gasteiger partial charge in [0, 0.05) is 12.4 Å². The average molecular weight is 362 g/mol. The fraction of sp³-hybridized carbons (Fsp3) is 0. The first-order chi connectivity index (χ1) is 7.68.